The minimum atomic E-state index is -0.737. The maximum absolute atomic E-state index is 11.4. The number of nitrogens with one attached hydrogen (secondary N) is 1. The summed E-state index contributed by atoms with van der Waals surface area (Å²) in [6.45, 7) is 0. The van der Waals surface area contributed by atoms with Crippen LogP contribution in [0.2, 0.25) is 0 Å². The second kappa shape index (κ2) is 4.54. The van der Waals surface area contributed by atoms with Crippen LogP contribution in [0.4, 0.5) is 5.82 Å². The van der Waals surface area contributed by atoms with Crippen molar-refractivity contribution in [3.8, 4) is 6.07 Å². The molecule has 1 aromatic rings. The van der Waals surface area contributed by atoms with Gasteiger partial charge >= 0.3 is 5.97 Å². The van der Waals surface area contributed by atoms with Crippen molar-refractivity contribution in [1.29, 1.82) is 5.26 Å². The Morgan fingerprint density at radius 1 is 1.47 bits per heavy atom. The third-order valence-electron chi connectivity index (χ3n) is 4.43. The van der Waals surface area contributed by atoms with E-state index in [1.54, 1.807) is 18.3 Å². The summed E-state index contributed by atoms with van der Waals surface area (Å²) >= 11 is 0. The standard InChI is InChI=1S/C14H15N3O2/c15-7-10-2-1-5-16-13(10)17-12-9-4-3-8(6-9)11(12)14(18)19/h1-2,5,8-9,11-12H,3-4,6H2,(H,16,17)(H,18,19). The zero-order chi connectivity index (χ0) is 13.4. The number of hydrogen-bond acceptors (Lipinski definition) is 4. The largest absolute Gasteiger partial charge is 0.481 e. The normalized spacial score (nSPS) is 31.9. The molecule has 2 saturated carbocycles. The van der Waals surface area contributed by atoms with Crippen LogP contribution in [0.1, 0.15) is 24.8 Å². The number of carbonyl (C=O) groups is 1. The van der Waals surface area contributed by atoms with E-state index in [4.69, 9.17) is 5.26 Å². The first-order valence-electron chi connectivity index (χ1n) is 6.55. The van der Waals surface area contributed by atoms with Crippen LogP contribution < -0.4 is 5.32 Å². The predicted octanol–water partition coefficient (Wildman–Crippen LogP) is 1.86. The van der Waals surface area contributed by atoms with Crippen molar-refractivity contribution in [2.45, 2.75) is 25.3 Å². The Balaban J connectivity index is 1.86. The molecule has 2 bridgehead atoms. The number of pyridine rings is 1. The number of fused-ring (bicyclic) bond motifs is 2. The highest BCUT2D eigenvalue weighted by molar-refractivity contribution is 5.73. The van der Waals surface area contributed by atoms with Crippen LogP contribution >= 0.6 is 0 Å². The van der Waals surface area contributed by atoms with E-state index in [9.17, 15) is 9.90 Å². The lowest BCUT2D eigenvalue weighted by Gasteiger charge is -2.29. The molecule has 0 spiro atoms. The summed E-state index contributed by atoms with van der Waals surface area (Å²) in [5.74, 6) is 0.0779. The number of carboxylic acid groups (broad SMARTS) is 1. The van der Waals surface area contributed by atoms with Crippen LogP contribution in [-0.4, -0.2) is 22.1 Å². The Morgan fingerprint density at radius 3 is 3.00 bits per heavy atom. The predicted molar refractivity (Wildman–Crippen MR) is 68.3 cm³/mol. The molecule has 0 aliphatic heterocycles. The molecule has 2 fully saturated rings. The first-order chi connectivity index (χ1) is 9.20. The number of nitrogens with zero attached hydrogens (tertiary/aromatic N) is 2. The summed E-state index contributed by atoms with van der Waals surface area (Å²) in [5.41, 5.74) is 0.467. The van der Waals surface area contributed by atoms with Crippen molar-refractivity contribution in [2.24, 2.45) is 17.8 Å². The van der Waals surface area contributed by atoms with Gasteiger partial charge in [0.1, 0.15) is 11.9 Å². The van der Waals surface area contributed by atoms with Gasteiger partial charge in [-0.25, -0.2) is 4.98 Å². The lowest BCUT2D eigenvalue weighted by molar-refractivity contribution is -0.143. The third kappa shape index (κ3) is 1.93. The number of rotatable bonds is 3. The van der Waals surface area contributed by atoms with Gasteiger partial charge in [0.25, 0.3) is 0 Å². The smallest absolute Gasteiger partial charge is 0.308 e. The maximum atomic E-state index is 11.4. The topological polar surface area (TPSA) is 86.0 Å². The fourth-order valence-corrected chi connectivity index (χ4v) is 3.62. The highest BCUT2D eigenvalue weighted by atomic mass is 16.4. The van der Waals surface area contributed by atoms with Gasteiger partial charge in [-0.05, 0) is 43.2 Å². The van der Waals surface area contributed by atoms with Crippen LogP contribution in [0, 0.1) is 29.1 Å². The molecule has 5 heteroatoms. The molecule has 2 N–H and O–H groups in total. The van der Waals surface area contributed by atoms with E-state index in [0.717, 1.165) is 19.3 Å². The highest BCUT2D eigenvalue weighted by Crippen LogP contribution is 2.49. The van der Waals surface area contributed by atoms with E-state index in [1.165, 1.54) is 0 Å². The van der Waals surface area contributed by atoms with Crippen LogP contribution in [0.3, 0.4) is 0 Å². The van der Waals surface area contributed by atoms with Crippen LogP contribution in [0.25, 0.3) is 0 Å². The Morgan fingerprint density at radius 2 is 2.26 bits per heavy atom. The first kappa shape index (κ1) is 12.0. The minimum Gasteiger partial charge on any atom is -0.481 e. The SMILES string of the molecule is N#Cc1cccnc1NC1C2CCC(C2)C1C(=O)O. The average molecular weight is 257 g/mol. The number of anilines is 1. The van der Waals surface area contributed by atoms with E-state index < -0.39 is 5.97 Å². The quantitative estimate of drug-likeness (QED) is 0.863. The van der Waals surface area contributed by atoms with Crippen molar-refractivity contribution >= 4 is 11.8 Å². The Labute approximate surface area is 111 Å². The van der Waals surface area contributed by atoms with Gasteiger partial charge in [-0.2, -0.15) is 5.26 Å². The number of nitriles is 1. The number of aromatic nitrogens is 1. The van der Waals surface area contributed by atoms with Crippen LogP contribution in [0.15, 0.2) is 18.3 Å². The van der Waals surface area contributed by atoms with E-state index in [-0.39, 0.29) is 17.9 Å². The van der Waals surface area contributed by atoms with Crippen LogP contribution in [0.5, 0.6) is 0 Å². The second-order valence-corrected chi connectivity index (χ2v) is 5.38. The highest BCUT2D eigenvalue weighted by Gasteiger charge is 2.51. The van der Waals surface area contributed by atoms with Crippen molar-refractivity contribution in [1.82, 2.24) is 4.98 Å². The molecule has 2 aliphatic rings. The van der Waals surface area contributed by atoms with Gasteiger partial charge in [0.05, 0.1) is 11.5 Å². The molecule has 1 aromatic heterocycles. The summed E-state index contributed by atoms with van der Waals surface area (Å²) in [6, 6.07) is 5.39. The van der Waals surface area contributed by atoms with E-state index in [2.05, 4.69) is 16.4 Å². The van der Waals surface area contributed by atoms with E-state index >= 15 is 0 Å². The summed E-state index contributed by atoms with van der Waals surface area (Å²) in [6.07, 6.45) is 4.67. The van der Waals surface area contributed by atoms with Gasteiger partial charge in [0, 0.05) is 12.2 Å². The van der Waals surface area contributed by atoms with Gasteiger partial charge in [0.2, 0.25) is 0 Å². The number of aliphatic carboxylic acids is 1. The Kier molecular flexibility index (Phi) is 2.86. The lowest BCUT2D eigenvalue weighted by atomic mass is 9.84. The molecule has 5 nitrogen and oxygen atoms in total. The Bertz CT molecular complexity index is 552. The second-order valence-electron chi connectivity index (χ2n) is 5.38. The first-order valence-corrected chi connectivity index (χ1v) is 6.55. The molecule has 0 saturated heterocycles. The molecule has 19 heavy (non-hydrogen) atoms. The summed E-state index contributed by atoms with van der Waals surface area (Å²) in [7, 11) is 0. The minimum absolute atomic E-state index is 0.0988. The monoisotopic (exact) mass is 257 g/mol. The maximum Gasteiger partial charge on any atom is 0.308 e. The summed E-state index contributed by atoms with van der Waals surface area (Å²) in [4.78, 5) is 15.6. The van der Waals surface area contributed by atoms with Crippen LogP contribution in [-0.2, 0) is 4.79 Å². The van der Waals surface area contributed by atoms with Crippen molar-refractivity contribution < 1.29 is 9.90 Å². The van der Waals surface area contributed by atoms with Gasteiger partial charge in [-0.3, -0.25) is 4.79 Å². The molecule has 4 unspecified atom stereocenters. The molecule has 0 aromatic carbocycles. The zero-order valence-electron chi connectivity index (χ0n) is 10.4. The molecular weight excluding hydrogens is 242 g/mol. The zero-order valence-corrected chi connectivity index (χ0v) is 10.4. The lowest BCUT2D eigenvalue weighted by Crippen LogP contribution is -2.39. The number of carboxylic acids is 1. The average Bonchev–Trinajstić information content (AvgIpc) is 3.00. The number of hydrogen-bond donors (Lipinski definition) is 2. The van der Waals surface area contributed by atoms with Gasteiger partial charge in [-0.15, -0.1) is 0 Å². The molecule has 2 aliphatic carbocycles. The van der Waals surface area contributed by atoms with Crippen molar-refractivity contribution in [2.75, 3.05) is 5.32 Å². The molecule has 0 amide bonds. The molecule has 1 heterocycles. The van der Waals surface area contributed by atoms with Gasteiger partial charge < -0.3 is 10.4 Å². The van der Waals surface area contributed by atoms with Gasteiger partial charge in [0.15, 0.2) is 0 Å². The van der Waals surface area contributed by atoms with Gasteiger partial charge in [-0.1, -0.05) is 0 Å². The fraction of sp³-hybridized carbons (Fsp3) is 0.500. The molecule has 0 radical (unpaired) electrons. The Hall–Kier alpha value is -2.09. The molecular formula is C14H15N3O2. The van der Waals surface area contributed by atoms with E-state index in [1.807, 2.05) is 0 Å². The molecule has 98 valence electrons. The molecule has 4 atom stereocenters. The fourth-order valence-electron chi connectivity index (χ4n) is 3.62. The third-order valence-corrected chi connectivity index (χ3v) is 4.43. The summed E-state index contributed by atoms with van der Waals surface area (Å²) < 4.78 is 0. The molecule has 3 rings (SSSR count). The van der Waals surface area contributed by atoms with Crippen molar-refractivity contribution in [3.63, 3.8) is 0 Å². The summed E-state index contributed by atoms with van der Waals surface area (Å²) in [5, 5.41) is 21.6. The van der Waals surface area contributed by atoms with Crippen molar-refractivity contribution in [3.05, 3.63) is 23.9 Å². The van der Waals surface area contributed by atoms with E-state index in [0.29, 0.717) is 17.3 Å².